The Balaban J connectivity index is 1.78. The van der Waals surface area contributed by atoms with Crippen molar-refractivity contribution in [3.63, 3.8) is 0 Å². The van der Waals surface area contributed by atoms with E-state index in [-0.39, 0.29) is 5.92 Å². The molecular formula is C26H18N2. The minimum absolute atomic E-state index is 0.0943. The number of aromatic nitrogens is 1. The number of hydrogen-bond donors (Lipinski definition) is 1. The van der Waals surface area contributed by atoms with E-state index in [9.17, 15) is 5.26 Å². The average molecular weight is 358 g/mol. The van der Waals surface area contributed by atoms with Gasteiger partial charge in [0.05, 0.1) is 17.6 Å². The molecule has 28 heavy (non-hydrogen) atoms. The van der Waals surface area contributed by atoms with Gasteiger partial charge in [0.15, 0.2) is 0 Å². The van der Waals surface area contributed by atoms with Crippen molar-refractivity contribution >= 4 is 17.0 Å². The van der Waals surface area contributed by atoms with Gasteiger partial charge < -0.3 is 4.98 Å². The number of nitrogens with one attached hydrogen (secondary N) is 1. The number of allylic oxidation sites excluding steroid dienone is 1. The minimum Gasteiger partial charge on any atom is -0.361 e. The molecule has 4 aromatic rings. The zero-order chi connectivity index (χ0) is 19.2. The van der Waals surface area contributed by atoms with Crippen molar-refractivity contribution in [2.24, 2.45) is 0 Å². The van der Waals surface area contributed by atoms with Gasteiger partial charge in [-0.3, -0.25) is 0 Å². The first kappa shape index (κ1) is 17.4. The molecule has 2 nitrogen and oxygen atoms in total. The summed E-state index contributed by atoms with van der Waals surface area (Å²) in [6.45, 7) is 0. The number of nitrogens with zero attached hydrogens (tertiary/aromatic N) is 1. The second-order valence-electron chi connectivity index (χ2n) is 6.50. The highest BCUT2D eigenvalue weighted by Crippen LogP contribution is 2.28. The number of rotatable bonds is 3. The summed E-state index contributed by atoms with van der Waals surface area (Å²) in [4.78, 5) is 3.31. The van der Waals surface area contributed by atoms with Gasteiger partial charge in [-0.2, -0.15) is 5.26 Å². The van der Waals surface area contributed by atoms with Crippen molar-refractivity contribution in [3.05, 3.63) is 113 Å². The Hall–Kier alpha value is -4.01. The van der Waals surface area contributed by atoms with E-state index in [0.717, 1.165) is 27.6 Å². The smallest absolute Gasteiger partial charge is 0.0991 e. The fourth-order valence-corrected chi connectivity index (χ4v) is 3.15. The zero-order valence-corrected chi connectivity index (χ0v) is 15.3. The lowest BCUT2D eigenvalue weighted by atomic mass is 9.96. The Morgan fingerprint density at radius 2 is 1.61 bits per heavy atom. The third kappa shape index (κ3) is 3.88. The molecule has 0 aliphatic heterocycles. The molecule has 0 spiro atoms. The molecule has 1 atom stereocenters. The van der Waals surface area contributed by atoms with Crippen LogP contribution in [0.2, 0.25) is 0 Å². The first-order valence-corrected chi connectivity index (χ1v) is 9.14. The molecule has 1 heterocycles. The van der Waals surface area contributed by atoms with E-state index < -0.39 is 0 Å². The van der Waals surface area contributed by atoms with Crippen LogP contribution in [0.4, 0.5) is 0 Å². The van der Waals surface area contributed by atoms with Gasteiger partial charge in [-0.25, -0.2) is 0 Å². The van der Waals surface area contributed by atoms with Gasteiger partial charge in [-0.15, -0.1) is 0 Å². The lowest BCUT2D eigenvalue weighted by Gasteiger charge is -2.05. The number of hydrogen-bond acceptors (Lipinski definition) is 1. The van der Waals surface area contributed by atoms with Crippen molar-refractivity contribution in [1.82, 2.24) is 4.98 Å². The molecule has 0 fully saturated rings. The van der Waals surface area contributed by atoms with Crippen molar-refractivity contribution in [1.29, 1.82) is 5.26 Å². The van der Waals surface area contributed by atoms with E-state index in [4.69, 9.17) is 0 Å². The summed E-state index contributed by atoms with van der Waals surface area (Å²) in [6.07, 6.45) is 6.20. The van der Waals surface area contributed by atoms with Crippen molar-refractivity contribution in [2.45, 2.75) is 5.92 Å². The minimum atomic E-state index is -0.0943. The van der Waals surface area contributed by atoms with E-state index in [1.54, 1.807) is 0 Å². The second kappa shape index (κ2) is 8.12. The number of nitriles is 1. The molecule has 0 saturated heterocycles. The predicted octanol–water partition coefficient (Wildman–Crippen LogP) is 5.89. The third-order valence-electron chi connectivity index (χ3n) is 4.60. The molecule has 1 unspecified atom stereocenters. The van der Waals surface area contributed by atoms with Gasteiger partial charge in [0, 0.05) is 22.7 Å². The maximum absolute atomic E-state index is 9.27. The van der Waals surface area contributed by atoms with Crippen molar-refractivity contribution < 1.29 is 0 Å². The Morgan fingerprint density at radius 3 is 2.36 bits per heavy atom. The van der Waals surface area contributed by atoms with E-state index in [1.807, 2.05) is 72.9 Å². The Kier molecular flexibility index (Phi) is 5.05. The van der Waals surface area contributed by atoms with Crippen LogP contribution in [0, 0.1) is 23.2 Å². The van der Waals surface area contributed by atoms with E-state index in [2.05, 4.69) is 47.2 Å². The molecule has 3 aromatic carbocycles. The molecule has 132 valence electrons. The molecular weight excluding hydrogens is 340 g/mol. The zero-order valence-electron chi connectivity index (χ0n) is 15.3. The summed E-state index contributed by atoms with van der Waals surface area (Å²) < 4.78 is 0. The van der Waals surface area contributed by atoms with Crippen LogP contribution in [0.25, 0.3) is 17.0 Å². The van der Waals surface area contributed by atoms with Gasteiger partial charge in [-0.1, -0.05) is 72.5 Å². The molecule has 4 rings (SSSR count). The van der Waals surface area contributed by atoms with Crippen LogP contribution >= 0.6 is 0 Å². The van der Waals surface area contributed by atoms with E-state index in [0.29, 0.717) is 5.56 Å². The van der Waals surface area contributed by atoms with Crippen molar-refractivity contribution in [3.8, 4) is 17.9 Å². The second-order valence-corrected chi connectivity index (χ2v) is 6.50. The SMILES string of the molecule is N#Cc1ccc2[nH]cc(C(C#Cc3ccccc3)C=Cc3ccccc3)c2c1. The van der Waals surface area contributed by atoms with Crippen LogP contribution in [0.5, 0.6) is 0 Å². The highest BCUT2D eigenvalue weighted by atomic mass is 14.7. The fourth-order valence-electron chi connectivity index (χ4n) is 3.15. The van der Waals surface area contributed by atoms with Crippen LogP contribution < -0.4 is 0 Å². The molecule has 1 N–H and O–H groups in total. The number of H-pyrrole nitrogens is 1. The molecule has 0 bridgehead atoms. The summed E-state index contributed by atoms with van der Waals surface area (Å²) in [5, 5.41) is 10.3. The maximum atomic E-state index is 9.27. The largest absolute Gasteiger partial charge is 0.361 e. The summed E-state index contributed by atoms with van der Waals surface area (Å²) in [5.74, 6) is 6.59. The van der Waals surface area contributed by atoms with Crippen molar-refractivity contribution in [2.75, 3.05) is 0 Å². The molecule has 0 radical (unpaired) electrons. The topological polar surface area (TPSA) is 39.6 Å². The first-order chi connectivity index (χ1) is 13.8. The van der Waals surface area contributed by atoms with E-state index >= 15 is 0 Å². The van der Waals surface area contributed by atoms with Gasteiger partial charge >= 0.3 is 0 Å². The highest BCUT2D eigenvalue weighted by molar-refractivity contribution is 5.86. The quantitative estimate of drug-likeness (QED) is 0.456. The monoisotopic (exact) mass is 358 g/mol. The number of fused-ring (bicyclic) bond motifs is 1. The molecule has 0 aliphatic rings. The maximum Gasteiger partial charge on any atom is 0.0991 e. The highest BCUT2D eigenvalue weighted by Gasteiger charge is 2.12. The summed E-state index contributed by atoms with van der Waals surface area (Å²) in [6, 6.07) is 28.1. The first-order valence-electron chi connectivity index (χ1n) is 9.14. The van der Waals surface area contributed by atoms with Crippen LogP contribution in [-0.2, 0) is 0 Å². The number of benzene rings is 3. The normalized spacial score (nSPS) is 11.7. The standard InChI is InChI=1S/C26H18N2/c27-18-22-13-16-26-24(17-22)25(19-28-26)23(14-11-20-7-3-1-4-8-20)15-12-21-9-5-2-6-10-21/h1-11,13-14,16-17,19,23,28H. The number of aromatic amines is 1. The lowest BCUT2D eigenvalue weighted by molar-refractivity contribution is 1.15. The van der Waals surface area contributed by atoms with Gasteiger partial charge in [-0.05, 0) is 41.5 Å². The molecule has 1 aromatic heterocycles. The summed E-state index contributed by atoms with van der Waals surface area (Å²) in [5.41, 5.74) is 4.84. The molecule has 0 aliphatic carbocycles. The summed E-state index contributed by atoms with van der Waals surface area (Å²) in [7, 11) is 0. The van der Waals surface area contributed by atoms with Crippen LogP contribution in [0.1, 0.15) is 28.2 Å². The molecule has 0 saturated carbocycles. The van der Waals surface area contributed by atoms with Crippen LogP contribution in [0.15, 0.2) is 91.1 Å². The van der Waals surface area contributed by atoms with Gasteiger partial charge in [0.1, 0.15) is 0 Å². The lowest BCUT2D eigenvalue weighted by Crippen LogP contribution is -1.91. The van der Waals surface area contributed by atoms with Gasteiger partial charge in [0.25, 0.3) is 0 Å². The average Bonchev–Trinajstić information content (AvgIpc) is 3.18. The molecule has 2 heteroatoms. The summed E-state index contributed by atoms with van der Waals surface area (Å²) >= 11 is 0. The third-order valence-corrected chi connectivity index (χ3v) is 4.60. The van der Waals surface area contributed by atoms with Crippen LogP contribution in [-0.4, -0.2) is 4.98 Å². The fraction of sp³-hybridized carbons (Fsp3) is 0.0385. The van der Waals surface area contributed by atoms with E-state index in [1.165, 1.54) is 0 Å². The van der Waals surface area contributed by atoms with Crippen LogP contribution in [0.3, 0.4) is 0 Å². The Morgan fingerprint density at radius 1 is 0.857 bits per heavy atom. The Bertz CT molecular complexity index is 1210. The van der Waals surface area contributed by atoms with Gasteiger partial charge in [0.2, 0.25) is 0 Å². The Labute approximate surface area is 164 Å². The predicted molar refractivity (Wildman–Crippen MR) is 115 cm³/mol. The molecule has 0 amide bonds.